The number of fused-ring (bicyclic) bond motifs is 1. The van der Waals surface area contributed by atoms with Crippen LogP contribution in [0.25, 0.3) is 0 Å². The van der Waals surface area contributed by atoms with Gasteiger partial charge in [0.15, 0.2) is 5.96 Å². The van der Waals surface area contributed by atoms with Crippen molar-refractivity contribution in [1.82, 2.24) is 30.4 Å². The molecule has 0 aliphatic carbocycles. The first-order chi connectivity index (χ1) is 10.7. The van der Waals surface area contributed by atoms with Crippen molar-refractivity contribution in [3.8, 4) is 0 Å². The van der Waals surface area contributed by atoms with Crippen LogP contribution < -0.4 is 10.6 Å². The highest BCUT2D eigenvalue weighted by Crippen LogP contribution is 2.13. The van der Waals surface area contributed by atoms with Gasteiger partial charge in [0.05, 0.1) is 13.1 Å². The van der Waals surface area contributed by atoms with E-state index in [4.69, 9.17) is 0 Å². The minimum Gasteiger partial charge on any atom is -0.357 e. The third kappa shape index (κ3) is 4.87. The number of nitrogens with one attached hydrogen (secondary N) is 2. The van der Waals surface area contributed by atoms with Crippen LogP contribution in [0.3, 0.4) is 0 Å². The van der Waals surface area contributed by atoms with Gasteiger partial charge in [-0.25, -0.2) is 19.6 Å². The molecule has 0 amide bonds. The first-order valence-corrected chi connectivity index (χ1v) is 8.39. The van der Waals surface area contributed by atoms with Crippen LogP contribution in [0.4, 0.5) is 0 Å². The Morgan fingerprint density at radius 2 is 2.35 bits per heavy atom. The fraction of sp³-hybridized carbons (Fsp3) is 0.571. The second kappa shape index (κ2) is 8.57. The summed E-state index contributed by atoms with van der Waals surface area (Å²) in [5, 5.41) is 12.1. The summed E-state index contributed by atoms with van der Waals surface area (Å²) in [5.41, 5.74) is 0. The number of halogens is 1. The second-order valence-electron chi connectivity index (χ2n) is 5.30. The van der Waals surface area contributed by atoms with E-state index in [2.05, 4.69) is 44.5 Å². The summed E-state index contributed by atoms with van der Waals surface area (Å²) in [7, 11) is 0. The van der Waals surface area contributed by atoms with Gasteiger partial charge in [0.25, 0.3) is 0 Å². The highest BCUT2D eigenvalue weighted by Gasteiger charge is 2.20. The smallest absolute Gasteiger partial charge is 0.191 e. The number of aryl methyl sites for hydroxylation is 2. The predicted molar refractivity (Wildman–Crippen MR) is 102 cm³/mol. The van der Waals surface area contributed by atoms with Gasteiger partial charge in [0.2, 0.25) is 0 Å². The van der Waals surface area contributed by atoms with E-state index in [0.717, 1.165) is 42.7 Å². The quantitative estimate of drug-likeness (QED) is 0.424. The Bertz CT molecular complexity index is 651. The van der Waals surface area contributed by atoms with Crippen LogP contribution in [0.15, 0.2) is 17.5 Å². The first-order valence-electron chi connectivity index (χ1n) is 7.57. The minimum atomic E-state index is 0. The summed E-state index contributed by atoms with van der Waals surface area (Å²) < 4.78 is 1.97. The molecule has 0 radical (unpaired) electrons. The monoisotopic (exact) mass is 447 g/mol. The van der Waals surface area contributed by atoms with Crippen LogP contribution in [0, 0.1) is 6.92 Å². The summed E-state index contributed by atoms with van der Waals surface area (Å²) in [4.78, 5) is 14.5. The predicted octanol–water partition coefficient (Wildman–Crippen LogP) is 1.73. The number of rotatable bonds is 4. The van der Waals surface area contributed by atoms with Crippen molar-refractivity contribution in [2.24, 2.45) is 4.99 Å². The zero-order chi connectivity index (χ0) is 15.4. The van der Waals surface area contributed by atoms with Gasteiger partial charge in [-0.15, -0.1) is 35.3 Å². The SMILES string of the molecule is CCNC(=NCc1ncc(C)s1)NC1CCc2ncnn2C1.I. The molecule has 23 heavy (non-hydrogen) atoms. The van der Waals surface area contributed by atoms with Crippen LogP contribution in [0.2, 0.25) is 0 Å². The highest BCUT2D eigenvalue weighted by molar-refractivity contribution is 14.0. The molecule has 0 bridgehead atoms. The first kappa shape index (κ1) is 18.1. The van der Waals surface area contributed by atoms with E-state index in [9.17, 15) is 0 Å². The van der Waals surface area contributed by atoms with Gasteiger partial charge in [-0.1, -0.05) is 0 Å². The fourth-order valence-electron chi connectivity index (χ4n) is 2.49. The Labute approximate surface area is 157 Å². The van der Waals surface area contributed by atoms with Gasteiger partial charge in [0, 0.05) is 30.1 Å². The summed E-state index contributed by atoms with van der Waals surface area (Å²) >= 11 is 1.69. The van der Waals surface area contributed by atoms with Crippen molar-refractivity contribution in [3.05, 3.63) is 28.2 Å². The molecule has 1 aliphatic rings. The average molecular weight is 447 g/mol. The lowest BCUT2D eigenvalue weighted by atomic mass is 10.1. The number of thiazole rings is 1. The van der Waals surface area contributed by atoms with Crippen LogP contribution in [-0.4, -0.2) is 38.3 Å². The van der Waals surface area contributed by atoms with Crippen molar-refractivity contribution >= 4 is 41.3 Å². The molecule has 1 unspecified atom stereocenters. The van der Waals surface area contributed by atoms with Crippen LogP contribution in [0.1, 0.15) is 29.1 Å². The molecule has 7 nitrogen and oxygen atoms in total. The fourth-order valence-corrected chi connectivity index (χ4v) is 3.20. The number of hydrogen-bond acceptors (Lipinski definition) is 5. The third-order valence-corrected chi connectivity index (χ3v) is 4.43. The molecule has 1 atom stereocenters. The zero-order valence-electron chi connectivity index (χ0n) is 13.3. The highest BCUT2D eigenvalue weighted by atomic mass is 127. The van der Waals surface area contributed by atoms with Gasteiger partial charge in [-0.05, 0) is 20.3 Å². The second-order valence-corrected chi connectivity index (χ2v) is 6.62. The van der Waals surface area contributed by atoms with Crippen molar-refractivity contribution < 1.29 is 0 Å². The molecule has 3 heterocycles. The molecule has 0 saturated carbocycles. The van der Waals surface area contributed by atoms with Crippen molar-refractivity contribution in [2.45, 2.75) is 45.8 Å². The summed E-state index contributed by atoms with van der Waals surface area (Å²) in [5.74, 6) is 1.90. The van der Waals surface area contributed by atoms with E-state index in [1.54, 1.807) is 17.7 Å². The summed E-state index contributed by atoms with van der Waals surface area (Å²) in [6.07, 6.45) is 5.51. The van der Waals surface area contributed by atoms with Gasteiger partial charge < -0.3 is 10.6 Å². The van der Waals surface area contributed by atoms with E-state index >= 15 is 0 Å². The van der Waals surface area contributed by atoms with E-state index < -0.39 is 0 Å². The molecule has 9 heteroatoms. The third-order valence-electron chi connectivity index (χ3n) is 3.53. The molecule has 0 spiro atoms. The summed E-state index contributed by atoms with van der Waals surface area (Å²) in [6, 6.07) is 0.324. The Hall–Kier alpha value is -1.23. The molecule has 0 aromatic carbocycles. The van der Waals surface area contributed by atoms with Gasteiger partial charge in [0.1, 0.15) is 17.2 Å². The maximum absolute atomic E-state index is 4.63. The summed E-state index contributed by atoms with van der Waals surface area (Å²) in [6.45, 7) is 6.41. The Kier molecular flexibility index (Phi) is 6.75. The van der Waals surface area contributed by atoms with Gasteiger partial charge >= 0.3 is 0 Å². The largest absolute Gasteiger partial charge is 0.357 e. The molecule has 126 valence electrons. The number of guanidine groups is 1. The van der Waals surface area contributed by atoms with Crippen LogP contribution in [0.5, 0.6) is 0 Å². The van der Waals surface area contributed by atoms with E-state index in [-0.39, 0.29) is 24.0 Å². The lowest BCUT2D eigenvalue weighted by Gasteiger charge is -2.25. The number of nitrogens with zero attached hydrogens (tertiary/aromatic N) is 5. The van der Waals surface area contributed by atoms with E-state index in [0.29, 0.717) is 12.6 Å². The number of hydrogen-bond donors (Lipinski definition) is 2. The Morgan fingerprint density at radius 3 is 3.09 bits per heavy atom. The number of aromatic nitrogens is 4. The molecule has 0 saturated heterocycles. The molecule has 2 aromatic rings. The van der Waals surface area contributed by atoms with E-state index in [1.807, 2.05) is 10.9 Å². The maximum atomic E-state index is 4.63. The normalized spacial score (nSPS) is 17.3. The molecular weight excluding hydrogens is 425 g/mol. The Morgan fingerprint density at radius 1 is 1.48 bits per heavy atom. The van der Waals surface area contributed by atoms with Crippen molar-refractivity contribution in [3.63, 3.8) is 0 Å². The lowest BCUT2D eigenvalue weighted by Crippen LogP contribution is -2.47. The van der Waals surface area contributed by atoms with Crippen molar-refractivity contribution in [2.75, 3.05) is 6.54 Å². The number of aliphatic imine (C=N–C) groups is 1. The molecule has 2 N–H and O–H groups in total. The molecule has 2 aromatic heterocycles. The molecule has 0 fully saturated rings. The standard InChI is InChI=1S/C14H21N7S.HI/c1-3-15-14(17-7-13-16-6-10(2)22-13)20-11-4-5-12-18-9-19-21(12)8-11;/h6,9,11H,3-5,7-8H2,1-2H3,(H2,15,17,20);1H. The molecular formula is C14H22IN7S. The van der Waals surface area contributed by atoms with Crippen molar-refractivity contribution in [1.29, 1.82) is 0 Å². The van der Waals surface area contributed by atoms with E-state index in [1.165, 1.54) is 4.88 Å². The van der Waals surface area contributed by atoms with Gasteiger partial charge in [-0.2, -0.15) is 5.10 Å². The van der Waals surface area contributed by atoms with Crippen LogP contribution in [-0.2, 0) is 19.5 Å². The maximum Gasteiger partial charge on any atom is 0.191 e. The zero-order valence-corrected chi connectivity index (χ0v) is 16.5. The Balaban J connectivity index is 0.00000192. The topological polar surface area (TPSA) is 80.0 Å². The minimum absolute atomic E-state index is 0. The average Bonchev–Trinajstić information content (AvgIpc) is 3.13. The van der Waals surface area contributed by atoms with Crippen LogP contribution >= 0.6 is 35.3 Å². The van der Waals surface area contributed by atoms with Gasteiger partial charge in [-0.3, -0.25) is 0 Å². The lowest BCUT2D eigenvalue weighted by molar-refractivity contribution is 0.392. The molecule has 1 aliphatic heterocycles. The molecule has 3 rings (SSSR count).